The minimum Gasteiger partial charge on any atom is -0.492 e. The molecule has 0 spiro atoms. The Bertz CT molecular complexity index is 700. The summed E-state index contributed by atoms with van der Waals surface area (Å²) in [6.07, 6.45) is 6.69. The van der Waals surface area contributed by atoms with Crippen molar-refractivity contribution in [3.05, 3.63) is 53.9 Å². The van der Waals surface area contributed by atoms with Gasteiger partial charge in [-0.3, -0.25) is 14.9 Å². The Morgan fingerprint density at radius 2 is 2.08 bits per heavy atom. The van der Waals surface area contributed by atoms with Crippen LogP contribution in [0.15, 0.2) is 48.3 Å². The van der Waals surface area contributed by atoms with E-state index in [0.29, 0.717) is 13.0 Å². The summed E-state index contributed by atoms with van der Waals surface area (Å²) in [5.41, 5.74) is 1.01. The molecule has 0 bridgehead atoms. The van der Waals surface area contributed by atoms with Gasteiger partial charge in [0, 0.05) is 13.6 Å². The van der Waals surface area contributed by atoms with Gasteiger partial charge in [-0.25, -0.2) is 0 Å². The van der Waals surface area contributed by atoms with Gasteiger partial charge >= 0.3 is 0 Å². The van der Waals surface area contributed by atoms with Crippen LogP contribution in [0.1, 0.15) is 5.56 Å². The van der Waals surface area contributed by atoms with Crippen molar-refractivity contribution in [2.45, 2.75) is 11.7 Å². The number of imide groups is 1. The molecule has 6 nitrogen and oxygen atoms in total. The number of thioether (sulfide) groups is 1. The second-order valence-electron chi connectivity index (χ2n) is 5.86. The van der Waals surface area contributed by atoms with Gasteiger partial charge in [0.2, 0.25) is 5.91 Å². The molecule has 2 amide bonds. The van der Waals surface area contributed by atoms with Crippen LogP contribution in [0.2, 0.25) is 0 Å². The van der Waals surface area contributed by atoms with Crippen LogP contribution in [-0.2, 0) is 11.2 Å². The molecule has 1 aromatic carbocycles. The summed E-state index contributed by atoms with van der Waals surface area (Å²) in [7, 11) is 2.02. The average molecular weight is 359 g/mol. The fourth-order valence-electron chi connectivity index (χ4n) is 2.60. The zero-order valence-corrected chi connectivity index (χ0v) is 14.8. The van der Waals surface area contributed by atoms with E-state index in [9.17, 15) is 9.59 Å². The molecule has 1 unspecified atom stereocenters. The largest absolute Gasteiger partial charge is 0.492 e. The molecule has 1 saturated heterocycles. The zero-order chi connectivity index (χ0) is 17.6. The normalized spacial score (nSPS) is 19.2. The van der Waals surface area contributed by atoms with Gasteiger partial charge in [-0.1, -0.05) is 36.0 Å². The Kier molecular flexibility index (Phi) is 5.65. The monoisotopic (exact) mass is 359 g/mol. The lowest BCUT2D eigenvalue weighted by atomic mass is 10.1. The number of benzene rings is 1. The van der Waals surface area contributed by atoms with Gasteiger partial charge in [0.1, 0.15) is 18.2 Å². The van der Waals surface area contributed by atoms with Crippen LogP contribution in [0.5, 0.6) is 5.75 Å². The van der Waals surface area contributed by atoms with Crippen LogP contribution >= 0.6 is 11.8 Å². The van der Waals surface area contributed by atoms with Gasteiger partial charge in [0.05, 0.1) is 11.8 Å². The number of ether oxygens (including phenoxy) is 1. The van der Waals surface area contributed by atoms with Crippen LogP contribution < -0.4 is 15.4 Å². The fourth-order valence-corrected chi connectivity index (χ4v) is 3.46. The molecular weight excluding hydrogens is 338 g/mol. The van der Waals surface area contributed by atoms with Crippen LogP contribution in [0.4, 0.5) is 4.79 Å². The van der Waals surface area contributed by atoms with Gasteiger partial charge in [-0.05, 0) is 30.2 Å². The van der Waals surface area contributed by atoms with Crippen LogP contribution in [0.25, 0.3) is 0 Å². The number of dihydropyridines is 1. The number of nitrogens with zero attached hydrogens (tertiary/aromatic N) is 1. The summed E-state index contributed by atoms with van der Waals surface area (Å²) in [5.74, 6) is 1.67. The Morgan fingerprint density at radius 1 is 1.28 bits per heavy atom. The molecule has 2 N–H and O–H groups in total. The van der Waals surface area contributed by atoms with Crippen LogP contribution in [0, 0.1) is 0 Å². The number of likely N-dealkylation sites (N-methyl/N-ethyl adjacent to an activating group) is 1. The first-order chi connectivity index (χ1) is 12.1. The number of hydrogen-bond donors (Lipinski definition) is 2. The number of hydrogen-bond acceptors (Lipinski definition) is 6. The summed E-state index contributed by atoms with van der Waals surface area (Å²) in [5, 5.41) is 5.01. The minimum atomic E-state index is -0.335. The SMILES string of the molecule is CN(CCOc1ccc(CC2SC(=O)NC2=O)cc1)C1=CC=CCN1. The third-order valence-electron chi connectivity index (χ3n) is 4.01. The van der Waals surface area contributed by atoms with Crippen molar-refractivity contribution in [2.75, 3.05) is 26.7 Å². The predicted molar refractivity (Wildman–Crippen MR) is 98.4 cm³/mol. The van der Waals surface area contributed by atoms with E-state index in [1.165, 1.54) is 0 Å². The van der Waals surface area contributed by atoms with E-state index in [1.54, 1.807) is 0 Å². The highest BCUT2D eigenvalue weighted by Crippen LogP contribution is 2.23. The van der Waals surface area contributed by atoms with E-state index in [4.69, 9.17) is 4.74 Å². The lowest BCUT2D eigenvalue weighted by molar-refractivity contribution is -0.118. The molecule has 0 saturated carbocycles. The van der Waals surface area contributed by atoms with E-state index in [0.717, 1.165) is 42.0 Å². The van der Waals surface area contributed by atoms with Crippen molar-refractivity contribution in [1.29, 1.82) is 0 Å². The first-order valence-corrected chi connectivity index (χ1v) is 9.05. The number of amides is 2. The standard InChI is InChI=1S/C18H21N3O3S/c1-21(16-4-2-3-9-19-16)10-11-24-14-7-5-13(6-8-14)12-15-17(22)20-18(23)25-15/h2-8,15,19H,9-12H2,1H3,(H,20,22,23). The minimum absolute atomic E-state index is 0.209. The Morgan fingerprint density at radius 3 is 2.72 bits per heavy atom. The number of nitrogens with one attached hydrogen (secondary N) is 2. The second-order valence-corrected chi connectivity index (χ2v) is 7.04. The maximum atomic E-state index is 11.6. The molecule has 1 aromatic rings. The van der Waals surface area contributed by atoms with Crippen molar-refractivity contribution >= 4 is 22.9 Å². The van der Waals surface area contributed by atoms with E-state index >= 15 is 0 Å². The highest BCUT2D eigenvalue weighted by atomic mass is 32.2. The number of rotatable bonds is 7. The van der Waals surface area contributed by atoms with Gasteiger partial charge < -0.3 is 15.0 Å². The molecule has 2 aliphatic heterocycles. The second kappa shape index (κ2) is 8.11. The van der Waals surface area contributed by atoms with Crippen molar-refractivity contribution in [3.8, 4) is 5.75 Å². The molecule has 1 fully saturated rings. The molecule has 1 atom stereocenters. The first-order valence-electron chi connectivity index (χ1n) is 8.17. The quantitative estimate of drug-likeness (QED) is 0.775. The topological polar surface area (TPSA) is 70.7 Å². The van der Waals surface area contributed by atoms with Gasteiger partial charge in [-0.2, -0.15) is 0 Å². The smallest absolute Gasteiger partial charge is 0.286 e. The third-order valence-corrected chi connectivity index (χ3v) is 4.99. The lowest BCUT2D eigenvalue weighted by Crippen LogP contribution is -2.32. The van der Waals surface area contributed by atoms with Crippen molar-refractivity contribution in [1.82, 2.24) is 15.5 Å². The van der Waals surface area contributed by atoms with E-state index in [1.807, 2.05) is 43.5 Å². The van der Waals surface area contributed by atoms with Crippen LogP contribution in [-0.4, -0.2) is 48.0 Å². The summed E-state index contributed by atoms with van der Waals surface area (Å²) in [6, 6.07) is 7.67. The van der Waals surface area contributed by atoms with Gasteiger partial charge in [-0.15, -0.1) is 0 Å². The Labute approximate surface area is 151 Å². The van der Waals surface area contributed by atoms with E-state index in [2.05, 4.69) is 21.6 Å². The zero-order valence-electron chi connectivity index (χ0n) is 14.0. The molecule has 25 heavy (non-hydrogen) atoms. The van der Waals surface area contributed by atoms with Gasteiger partial charge in [0.25, 0.3) is 5.24 Å². The molecule has 7 heteroatoms. The fraction of sp³-hybridized carbons (Fsp3) is 0.333. The number of carbonyl (C=O) groups is 2. The van der Waals surface area contributed by atoms with Gasteiger partial charge in [0.15, 0.2) is 0 Å². The molecule has 0 radical (unpaired) electrons. The van der Waals surface area contributed by atoms with Crippen molar-refractivity contribution < 1.29 is 14.3 Å². The summed E-state index contributed by atoms with van der Waals surface area (Å²) in [6.45, 7) is 2.20. The number of allylic oxidation sites excluding steroid dienone is 2. The lowest BCUT2D eigenvalue weighted by Gasteiger charge is -2.24. The summed E-state index contributed by atoms with van der Waals surface area (Å²) >= 11 is 1.05. The first kappa shape index (κ1) is 17.4. The molecule has 2 aliphatic rings. The molecule has 0 aromatic heterocycles. The van der Waals surface area contributed by atoms with E-state index < -0.39 is 0 Å². The average Bonchev–Trinajstić information content (AvgIpc) is 2.94. The molecule has 0 aliphatic carbocycles. The van der Waals surface area contributed by atoms with E-state index in [-0.39, 0.29) is 16.4 Å². The molecular formula is C18H21N3O3S. The predicted octanol–water partition coefficient (Wildman–Crippen LogP) is 1.89. The highest BCUT2D eigenvalue weighted by Gasteiger charge is 2.31. The molecule has 2 heterocycles. The third kappa shape index (κ3) is 4.79. The Balaban J connectivity index is 1.44. The molecule has 132 valence electrons. The maximum Gasteiger partial charge on any atom is 0.286 e. The van der Waals surface area contributed by atoms with Crippen molar-refractivity contribution in [3.63, 3.8) is 0 Å². The van der Waals surface area contributed by atoms with Crippen LogP contribution in [0.3, 0.4) is 0 Å². The maximum absolute atomic E-state index is 11.6. The Hall–Kier alpha value is -2.41. The van der Waals surface area contributed by atoms with Crippen molar-refractivity contribution in [2.24, 2.45) is 0 Å². The molecule has 3 rings (SSSR count). The number of carbonyl (C=O) groups excluding carboxylic acids is 2. The highest BCUT2D eigenvalue weighted by molar-refractivity contribution is 8.15. The summed E-state index contributed by atoms with van der Waals surface area (Å²) in [4.78, 5) is 24.9. The summed E-state index contributed by atoms with van der Waals surface area (Å²) < 4.78 is 5.78.